The van der Waals surface area contributed by atoms with Gasteiger partial charge in [0.25, 0.3) is 0 Å². The molecule has 4 atom stereocenters. The van der Waals surface area contributed by atoms with E-state index in [4.69, 9.17) is 0 Å². The average Bonchev–Trinajstić information content (AvgIpc) is 2.80. The highest BCUT2D eigenvalue weighted by Gasteiger charge is 2.61. The fraction of sp³-hybridized carbons (Fsp3) is 0.500. The first kappa shape index (κ1) is 16.3. The lowest BCUT2D eigenvalue weighted by Crippen LogP contribution is -2.46. The van der Waals surface area contributed by atoms with Gasteiger partial charge in [0, 0.05) is 12.3 Å². The second kappa shape index (κ2) is 5.16. The van der Waals surface area contributed by atoms with Crippen LogP contribution in [0.5, 0.6) is 0 Å². The molecule has 0 spiro atoms. The van der Waals surface area contributed by atoms with Crippen LogP contribution in [0.1, 0.15) is 30.4 Å². The van der Waals surface area contributed by atoms with Crippen LogP contribution >= 0.6 is 0 Å². The van der Waals surface area contributed by atoms with Crippen molar-refractivity contribution in [2.24, 2.45) is 23.7 Å². The van der Waals surface area contributed by atoms with Gasteiger partial charge in [-0.3, -0.25) is 14.4 Å². The molecule has 0 radical (unpaired) electrons. The van der Waals surface area contributed by atoms with Crippen LogP contribution in [0, 0.1) is 30.6 Å². The number of ketones is 1. The fourth-order valence-electron chi connectivity index (χ4n) is 4.79. The first-order chi connectivity index (χ1) is 11.7. The van der Waals surface area contributed by atoms with Gasteiger partial charge in [-0.15, -0.1) is 0 Å². The zero-order chi connectivity index (χ0) is 18.1. The van der Waals surface area contributed by atoms with Crippen molar-refractivity contribution in [2.75, 3.05) is 4.90 Å². The minimum Gasteiger partial charge on any atom is -0.299 e. The number of Topliss-reactive ketones (excluding diaryl/α,β-unsaturated/α-hetero) is 1. The quantitative estimate of drug-likeness (QED) is 0.731. The molecule has 1 saturated heterocycles. The molecule has 25 heavy (non-hydrogen) atoms. The Bertz CT molecular complexity index is 801. The third-order valence-corrected chi connectivity index (χ3v) is 5.92. The first-order valence-corrected chi connectivity index (χ1v) is 8.29. The van der Waals surface area contributed by atoms with Gasteiger partial charge in [-0.05, 0) is 43.4 Å². The van der Waals surface area contributed by atoms with E-state index >= 15 is 0 Å². The Hall–Kier alpha value is -2.18. The van der Waals surface area contributed by atoms with E-state index in [2.05, 4.69) is 0 Å². The van der Waals surface area contributed by atoms with Crippen molar-refractivity contribution >= 4 is 23.3 Å². The Kier molecular flexibility index (Phi) is 3.36. The van der Waals surface area contributed by atoms with E-state index < -0.39 is 41.3 Å². The number of fused-ring (bicyclic) bond motifs is 2. The molecular formula is C18H16F3NO3. The van der Waals surface area contributed by atoms with Crippen LogP contribution in [0.25, 0.3) is 0 Å². The molecule has 3 aliphatic carbocycles. The van der Waals surface area contributed by atoms with Crippen molar-refractivity contribution in [3.63, 3.8) is 0 Å². The van der Waals surface area contributed by atoms with Gasteiger partial charge in [-0.2, -0.15) is 13.2 Å². The van der Waals surface area contributed by atoms with Crippen molar-refractivity contribution < 1.29 is 27.6 Å². The largest absolute Gasteiger partial charge is 0.416 e. The molecule has 2 bridgehead atoms. The molecule has 5 rings (SSSR count). The van der Waals surface area contributed by atoms with Gasteiger partial charge >= 0.3 is 6.18 Å². The summed E-state index contributed by atoms with van der Waals surface area (Å²) < 4.78 is 39.5. The van der Waals surface area contributed by atoms with Gasteiger partial charge in [0.2, 0.25) is 11.8 Å². The highest BCUT2D eigenvalue weighted by atomic mass is 19.4. The monoisotopic (exact) mass is 351 g/mol. The normalized spacial score (nSPS) is 31.7. The molecular weight excluding hydrogens is 335 g/mol. The first-order valence-electron chi connectivity index (χ1n) is 8.29. The number of amides is 2. The van der Waals surface area contributed by atoms with Gasteiger partial charge in [0.15, 0.2) is 0 Å². The van der Waals surface area contributed by atoms with Crippen LogP contribution < -0.4 is 4.90 Å². The Morgan fingerprint density at radius 2 is 1.72 bits per heavy atom. The average molecular weight is 351 g/mol. The summed E-state index contributed by atoms with van der Waals surface area (Å²) >= 11 is 0. The predicted molar refractivity (Wildman–Crippen MR) is 81.5 cm³/mol. The third-order valence-electron chi connectivity index (χ3n) is 5.92. The number of hydrogen-bond donors (Lipinski definition) is 0. The Morgan fingerprint density at radius 1 is 1.04 bits per heavy atom. The van der Waals surface area contributed by atoms with E-state index in [1.165, 1.54) is 19.1 Å². The number of rotatable bonds is 1. The highest BCUT2D eigenvalue weighted by molar-refractivity contribution is 6.24. The van der Waals surface area contributed by atoms with E-state index in [9.17, 15) is 27.6 Å². The summed E-state index contributed by atoms with van der Waals surface area (Å²) in [6, 6.07) is 3.50. The molecule has 4 nitrogen and oxygen atoms in total. The van der Waals surface area contributed by atoms with Crippen LogP contribution in [0.4, 0.5) is 18.9 Å². The molecule has 132 valence electrons. The number of imide groups is 1. The number of halogens is 3. The summed E-state index contributed by atoms with van der Waals surface area (Å²) in [7, 11) is 0. The standard InChI is InChI=1S/C18H16F3NO3/c1-8-11(18(19,20)21)3-2-4-12(8)22-16(24)14-9-5-6-10(13(23)7-9)15(14)17(22)25/h2-4,9-10,14-15H,5-7H2,1H3/t9-,10+,14+,15-/m0/s1. The lowest BCUT2D eigenvalue weighted by molar-refractivity contribution is -0.143. The highest BCUT2D eigenvalue weighted by Crippen LogP contribution is 2.52. The summed E-state index contributed by atoms with van der Waals surface area (Å²) in [5.74, 6) is -2.90. The molecule has 4 aliphatic rings. The van der Waals surface area contributed by atoms with Gasteiger partial charge in [0.05, 0.1) is 23.1 Å². The van der Waals surface area contributed by atoms with E-state index in [-0.39, 0.29) is 23.0 Å². The predicted octanol–water partition coefficient (Wildman–Crippen LogP) is 3.12. The fourth-order valence-corrected chi connectivity index (χ4v) is 4.79. The lowest BCUT2D eigenvalue weighted by Gasteiger charge is -2.41. The summed E-state index contributed by atoms with van der Waals surface area (Å²) in [6.45, 7) is 1.26. The summed E-state index contributed by atoms with van der Waals surface area (Å²) in [5, 5.41) is 0. The van der Waals surface area contributed by atoms with Gasteiger partial charge < -0.3 is 0 Å². The molecule has 1 aromatic rings. The second-order valence-electron chi connectivity index (χ2n) is 7.13. The maximum absolute atomic E-state index is 13.2. The molecule has 1 heterocycles. The van der Waals surface area contributed by atoms with Crippen LogP contribution in [-0.4, -0.2) is 17.6 Å². The summed E-state index contributed by atoms with van der Waals surface area (Å²) in [6.07, 6.45) is -2.97. The maximum atomic E-state index is 13.2. The number of anilines is 1. The second-order valence-corrected chi connectivity index (χ2v) is 7.13. The molecule has 7 heteroatoms. The van der Waals surface area contributed by atoms with Gasteiger partial charge in [-0.1, -0.05) is 6.07 Å². The topological polar surface area (TPSA) is 54.5 Å². The number of hydrogen-bond acceptors (Lipinski definition) is 3. The van der Waals surface area contributed by atoms with Gasteiger partial charge in [0.1, 0.15) is 5.78 Å². The molecule has 4 fully saturated rings. The van der Waals surface area contributed by atoms with Crippen molar-refractivity contribution in [1.29, 1.82) is 0 Å². The van der Waals surface area contributed by atoms with Crippen LogP contribution in [0.3, 0.4) is 0 Å². The summed E-state index contributed by atoms with van der Waals surface area (Å²) in [5.41, 5.74) is -1.03. The zero-order valence-electron chi connectivity index (χ0n) is 13.5. The molecule has 0 N–H and O–H groups in total. The molecule has 3 saturated carbocycles. The van der Waals surface area contributed by atoms with E-state index in [1.54, 1.807) is 0 Å². The molecule has 1 aromatic carbocycles. The number of carbonyl (C=O) groups is 3. The van der Waals surface area contributed by atoms with E-state index in [0.717, 1.165) is 11.0 Å². The number of alkyl halides is 3. The van der Waals surface area contributed by atoms with E-state index in [0.29, 0.717) is 19.3 Å². The minimum absolute atomic E-state index is 0.00117. The Morgan fingerprint density at radius 3 is 2.36 bits per heavy atom. The minimum atomic E-state index is -4.56. The summed E-state index contributed by atoms with van der Waals surface area (Å²) in [4.78, 5) is 38.8. The SMILES string of the molecule is Cc1c(N2C(=O)[C@@H]3[C@H]4CC[C@H](C(=O)C4)[C@@H]3C2=O)cccc1C(F)(F)F. The van der Waals surface area contributed by atoms with Crippen LogP contribution in [0.15, 0.2) is 18.2 Å². The number of benzene rings is 1. The van der Waals surface area contributed by atoms with Crippen LogP contribution in [-0.2, 0) is 20.6 Å². The third kappa shape index (κ3) is 2.17. The number of carbonyl (C=O) groups excluding carboxylic acids is 3. The Labute approximate surface area is 142 Å². The molecule has 0 aromatic heterocycles. The zero-order valence-corrected chi connectivity index (χ0v) is 13.5. The Balaban J connectivity index is 1.79. The van der Waals surface area contributed by atoms with Crippen molar-refractivity contribution in [1.82, 2.24) is 0 Å². The van der Waals surface area contributed by atoms with Crippen molar-refractivity contribution in [3.8, 4) is 0 Å². The molecule has 1 aliphatic heterocycles. The van der Waals surface area contributed by atoms with Gasteiger partial charge in [-0.25, -0.2) is 4.90 Å². The van der Waals surface area contributed by atoms with Crippen molar-refractivity contribution in [2.45, 2.75) is 32.4 Å². The lowest BCUT2D eigenvalue weighted by atomic mass is 9.59. The maximum Gasteiger partial charge on any atom is 0.416 e. The smallest absolute Gasteiger partial charge is 0.299 e. The molecule has 0 unspecified atom stereocenters. The van der Waals surface area contributed by atoms with Crippen LogP contribution in [0.2, 0.25) is 0 Å². The number of nitrogens with zero attached hydrogens (tertiary/aromatic N) is 1. The molecule has 2 amide bonds. The van der Waals surface area contributed by atoms with Crippen molar-refractivity contribution in [3.05, 3.63) is 29.3 Å². The van der Waals surface area contributed by atoms with E-state index in [1.807, 2.05) is 0 Å².